The van der Waals surface area contributed by atoms with Gasteiger partial charge in [0.1, 0.15) is 6.54 Å². The first kappa shape index (κ1) is 20.3. The molecule has 1 N–H and O–H groups in total. The zero-order valence-electron chi connectivity index (χ0n) is 15.4. The van der Waals surface area contributed by atoms with Crippen LogP contribution in [0.3, 0.4) is 0 Å². The molecule has 1 saturated heterocycles. The van der Waals surface area contributed by atoms with Gasteiger partial charge < -0.3 is 19.7 Å². The van der Waals surface area contributed by atoms with Gasteiger partial charge in [-0.1, -0.05) is 0 Å². The van der Waals surface area contributed by atoms with E-state index in [4.69, 9.17) is 4.99 Å². The van der Waals surface area contributed by atoms with Crippen LogP contribution in [0.4, 0.5) is 5.69 Å². The first-order valence-electron chi connectivity index (χ1n) is 8.51. The average molecular weight is 471 g/mol. The van der Waals surface area contributed by atoms with Crippen molar-refractivity contribution in [1.29, 1.82) is 0 Å². The number of aromatic nitrogens is 3. The van der Waals surface area contributed by atoms with E-state index in [0.29, 0.717) is 19.6 Å². The van der Waals surface area contributed by atoms with Gasteiger partial charge in [0.15, 0.2) is 5.96 Å². The molecule has 0 saturated carbocycles. The fourth-order valence-corrected chi connectivity index (χ4v) is 2.92. The molecule has 0 aliphatic carbocycles. The highest BCUT2D eigenvalue weighted by atomic mass is 127. The Morgan fingerprint density at radius 3 is 2.73 bits per heavy atom. The van der Waals surface area contributed by atoms with Crippen LogP contribution in [0, 0.1) is 0 Å². The molecule has 2 aromatic heterocycles. The molecule has 1 aliphatic heterocycles. The Bertz CT molecular complexity index is 767. The van der Waals surface area contributed by atoms with Gasteiger partial charge in [-0.15, -0.1) is 24.0 Å². The standard InChI is InChI=1S/C17H25N7O.HI/c1-4-18-17(19-10-14-6-5-7-21(14)2)23-8-9-24(16(25)13-23)15-11-20-22(3)12-15;/h5-7,11-12H,4,8-10,13H2,1-3H3,(H,18,19);1H. The molecule has 3 heterocycles. The Hall–Kier alpha value is -2.04. The lowest BCUT2D eigenvalue weighted by Crippen LogP contribution is -2.55. The summed E-state index contributed by atoms with van der Waals surface area (Å²) in [5.74, 6) is 0.839. The maximum absolute atomic E-state index is 12.6. The number of nitrogens with one attached hydrogen (secondary N) is 1. The Morgan fingerprint density at radius 1 is 1.35 bits per heavy atom. The van der Waals surface area contributed by atoms with Gasteiger partial charge in [0.25, 0.3) is 0 Å². The zero-order chi connectivity index (χ0) is 17.8. The smallest absolute Gasteiger partial charge is 0.246 e. The number of rotatable bonds is 4. The number of piperazine rings is 1. The summed E-state index contributed by atoms with van der Waals surface area (Å²) in [6, 6.07) is 4.06. The molecule has 8 nitrogen and oxygen atoms in total. The number of carbonyl (C=O) groups excluding carboxylic acids is 1. The predicted molar refractivity (Wildman–Crippen MR) is 113 cm³/mol. The maximum Gasteiger partial charge on any atom is 0.246 e. The maximum atomic E-state index is 12.6. The minimum atomic E-state index is 0. The first-order valence-corrected chi connectivity index (χ1v) is 8.51. The molecule has 142 valence electrons. The number of nitrogens with zero attached hydrogens (tertiary/aromatic N) is 6. The molecular formula is C17H26IN7O. The topological polar surface area (TPSA) is 70.7 Å². The van der Waals surface area contributed by atoms with E-state index in [1.807, 2.05) is 44.4 Å². The number of aryl methyl sites for hydroxylation is 2. The van der Waals surface area contributed by atoms with Crippen LogP contribution >= 0.6 is 24.0 Å². The average Bonchev–Trinajstić information content (AvgIpc) is 3.20. The molecule has 26 heavy (non-hydrogen) atoms. The molecule has 0 radical (unpaired) electrons. The van der Waals surface area contributed by atoms with Crippen LogP contribution in [0.25, 0.3) is 0 Å². The molecule has 2 aromatic rings. The molecule has 0 unspecified atom stereocenters. The highest BCUT2D eigenvalue weighted by Crippen LogP contribution is 2.16. The molecule has 1 fully saturated rings. The number of amides is 1. The fraction of sp³-hybridized carbons (Fsp3) is 0.471. The molecule has 3 rings (SSSR count). The second kappa shape index (κ2) is 9.06. The number of halogens is 1. The van der Waals surface area contributed by atoms with Gasteiger partial charge in [-0.05, 0) is 19.1 Å². The molecule has 1 amide bonds. The van der Waals surface area contributed by atoms with Crippen molar-refractivity contribution < 1.29 is 4.79 Å². The van der Waals surface area contributed by atoms with Crippen LogP contribution in [0.2, 0.25) is 0 Å². The molecule has 1 aliphatic rings. The molecule has 0 bridgehead atoms. The van der Waals surface area contributed by atoms with E-state index in [1.165, 1.54) is 0 Å². The SMILES string of the molecule is CCNC(=NCc1cccn1C)N1CCN(c2cnn(C)c2)C(=O)C1.I. The van der Waals surface area contributed by atoms with Gasteiger partial charge in [-0.2, -0.15) is 5.10 Å². The number of hydrogen-bond donors (Lipinski definition) is 1. The summed E-state index contributed by atoms with van der Waals surface area (Å²) >= 11 is 0. The van der Waals surface area contributed by atoms with E-state index < -0.39 is 0 Å². The monoisotopic (exact) mass is 471 g/mol. The van der Waals surface area contributed by atoms with Crippen LogP contribution in [0.15, 0.2) is 35.7 Å². The summed E-state index contributed by atoms with van der Waals surface area (Å²) in [7, 11) is 3.86. The summed E-state index contributed by atoms with van der Waals surface area (Å²) in [6.45, 7) is 5.06. The summed E-state index contributed by atoms with van der Waals surface area (Å²) in [5.41, 5.74) is 1.98. The third-order valence-electron chi connectivity index (χ3n) is 4.30. The van der Waals surface area contributed by atoms with Crippen LogP contribution in [-0.2, 0) is 25.4 Å². The normalized spacial score (nSPS) is 15.2. The molecule has 0 spiro atoms. The quantitative estimate of drug-likeness (QED) is 0.414. The minimum Gasteiger partial charge on any atom is -0.356 e. The van der Waals surface area contributed by atoms with Gasteiger partial charge in [0.05, 0.1) is 18.4 Å². The largest absolute Gasteiger partial charge is 0.356 e. The van der Waals surface area contributed by atoms with Crippen molar-refractivity contribution >= 4 is 41.5 Å². The minimum absolute atomic E-state index is 0. The van der Waals surface area contributed by atoms with Gasteiger partial charge >= 0.3 is 0 Å². The number of guanidine groups is 1. The summed E-state index contributed by atoms with van der Waals surface area (Å²) in [6.07, 6.45) is 5.60. The van der Waals surface area contributed by atoms with Gasteiger partial charge in [-0.3, -0.25) is 9.48 Å². The van der Waals surface area contributed by atoms with Crippen molar-refractivity contribution in [3.8, 4) is 0 Å². The summed E-state index contributed by atoms with van der Waals surface area (Å²) < 4.78 is 3.76. The number of anilines is 1. The van der Waals surface area contributed by atoms with Crippen LogP contribution in [0.1, 0.15) is 12.6 Å². The van der Waals surface area contributed by atoms with E-state index >= 15 is 0 Å². The predicted octanol–water partition coefficient (Wildman–Crippen LogP) is 1.19. The Morgan fingerprint density at radius 2 is 2.15 bits per heavy atom. The van der Waals surface area contributed by atoms with E-state index in [-0.39, 0.29) is 29.9 Å². The van der Waals surface area contributed by atoms with Crippen LogP contribution in [0.5, 0.6) is 0 Å². The lowest BCUT2D eigenvalue weighted by molar-refractivity contribution is -0.120. The van der Waals surface area contributed by atoms with Gasteiger partial charge in [0, 0.05) is 51.8 Å². The van der Waals surface area contributed by atoms with Crippen LogP contribution in [-0.4, -0.2) is 57.3 Å². The third-order valence-corrected chi connectivity index (χ3v) is 4.30. The highest BCUT2D eigenvalue weighted by Gasteiger charge is 2.27. The van der Waals surface area contributed by atoms with Gasteiger partial charge in [0.2, 0.25) is 5.91 Å². The van der Waals surface area contributed by atoms with E-state index in [9.17, 15) is 4.79 Å². The highest BCUT2D eigenvalue weighted by molar-refractivity contribution is 14.0. The summed E-state index contributed by atoms with van der Waals surface area (Å²) in [4.78, 5) is 21.1. The van der Waals surface area contributed by atoms with Crippen LogP contribution < -0.4 is 10.2 Å². The van der Waals surface area contributed by atoms with Crippen molar-refractivity contribution in [2.45, 2.75) is 13.5 Å². The van der Waals surface area contributed by atoms with E-state index in [0.717, 1.165) is 30.4 Å². The Labute approximate surface area is 170 Å². The number of aliphatic imine (C=N–C) groups is 1. The first-order chi connectivity index (χ1) is 12.1. The Balaban J connectivity index is 0.00000243. The molecule has 9 heteroatoms. The fourth-order valence-electron chi connectivity index (χ4n) is 2.92. The lowest BCUT2D eigenvalue weighted by Gasteiger charge is -2.35. The van der Waals surface area contributed by atoms with Gasteiger partial charge in [-0.25, -0.2) is 4.99 Å². The molecular weight excluding hydrogens is 445 g/mol. The van der Waals surface area contributed by atoms with E-state index in [2.05, 4.69) is 21.0 Å². The van der Waals surface area contributed by atoms with Crippen molar-refractivity contribution in [3.05, 3.63) is 36.4 Å². The zero-order valence-corrected chi connectivity index (χ0v) is 17.8. The number of carbonyl (C=O) groups is 1. The summed E-state index contributed by atoms with van der Waals surface area (Å²) in [5, 5.41) is 7.44. The third kappa shape index (κ3) is 4.57. The second-order valence-corrected chi connectivity index (χ2v) is 6.12. The molecule has 0 atom stereocenters. The second-order valence-electron chi connectivity index (χ2n) is 6.12. The lowest BCUT2D eigenvalue weighted by atomic mass is 10.3. The Kier molecular flexibility index (Phi) is 7.06. The van der Waals surface area contributed by atoms with Crippen molar-refractivity contribution in [2.75, 3.05) is 31.1 Å². The van der Waals surface area contributed by atoms with Crippen molar-refractivity contribution in [1.82, 2.24) is 24.6 Å². The van der Waals surface area contributed by atoms with E-state index in [1.54, 1.807) is 15.8 Å². The van der Waals surface area contributed by atoms with Crippen molar-refractivity contribution in [2.24, 2.45) is 19.1 Å². The number of hydrogen-bond acceptors (Lipinski definition) is 3. The molecule has 0 aromatic carbocycles. The van der Waals surface area contributed by atoms with Crippen molar-refractivity contribution in [3.63, 3.8) is 0 Å².